The molecule has 0 heterocycles. The molecule has 0 amide bonds. The summed E-state index contributed by atoms with van der Waals surface area (Å²) in [4.78, 5) is 0.338. The zero-order valence-corrected chi connectivity index (χ0v) is 15.7. The molecule has 0 aliphatic rings. The van der Waals surface area contributed by atoms with Gasteiger partial charge in [0.1, 0.15) is 0 Å². The van der Waals surface area contributed by atoms with Crippen LogP contribution in [0.2, 0.25) is 0 Å². The third kappa shape index (κ3) is 3.47. The maximum absolute atomic E-state index is 13.4. The molecule has 0 spiro atoms. The minimum Gasteiger partial charge on any atom is -0.392 e. The van der Waals surface area contributed by atoms with E-state index in [1.165, 1.54) is 4.31 Å². The summed E-state index contributed by atoms with van der Waals surface area (Å²) in [7, 11) is -3.78. The summed E-state index contributed by atoms with van der Waals surface area (Å²) in [5.74, 6) is 0. The number of rotatable bonds is 5. The Kier molecular flexibility index (Phi) is 5.35. The zero-order valence-electron chi connectivity index (χ0n) is 14.9. The van der Waals surface area contributed by atoms with Gasteiger partial charge in [0, 0.05) is 0 Å². The first-order chi connectivity index (χ1) is 11.2. The molecule has 0 aromatic heterocycles. The van der Waals surface area contributed by atoms with E-state index >= 15 is 0 Å². The predicted octanol–water partition coefficient (Wildman–Crippen LogP) is 3.50. The van der Waals surface area contributed by atoms with E-state index in [-0.39, 0.29) is 6.54 Å². The van der Waals surface area contributed by atoms with Gasteiger partial charge in [0.25, 0.3) is 10.0 Å². The fourth-order valence-electron chi connectivity index (χ4n) is 2.85. The highest BCUT2D eigenvalue weighted by Gasteiger charge is 2.30. The highest BCUT2D eigenvalue weighted by molar-refractivity contribution is 7.93. The number of nitrogens with zero attached hydrogens (tertiary/aromatic N) is 1. The molecule has 0 bridgehead atoms. The molecule has 0 saturated heterocycles. The molecule has 0 aliphatic carbocycles. The Morgan fingerprint density at radius 3 is 1.96 bits per heavy atom. The molecule has 2 rings (SSSR count). The summed E-state index contributed by atoms with van der Waals surface area (Å²) in [6.45, 7) is 9.11. The molecule has 5 heteroatoms. The highest BCUT2D eigenvalue weighted by Crippen LogP contribution is 2.31. The van der Waals surface area contributed by atoms with Gasteiger partial charge >= 0.3 is 0 Å². The lowest BCUT2D eigenvalue weighted by Gasteiger charge is -2.28. The van der Waals surface area contributed by atoms with Crippen molar-refractivity contribution in [2.75, 3.05) is 10.8 Å². The van der Waals surface area contributed by atoms with Crippen LogP contribution in [0.25, 0.3) is 0 Å². The minimum absolute atomic E-state index is 0.0121. The van der Waals surface area contributed by atoms with Gasteiger partial charge in [-0.05, 0) is 69.0 Å². The van der Waals surface area contributed by atoms with Gasteiger partial charge < -0.3 is 5.11 Å². The van der Waals surface area contributed by atoms with E-state index in [0.717, 1.165) is 22.3 Å². The van der Waals surface area contributed by atoms with Gasteiger partial charge in [-0.25, -0.2) is 8.42 Å². The van der Waals surface area contributed by atoms with E-state index < -0.39 is 16.1 Å². The van der Waals surface area contributed by atoms with Crippen molar-refractivity contribution in [3.05, 3.63) is 58.7 Å². The lowest BCUT2D eigenvalue weighted by Crippen LogP contribution is -2.37. The molecule has 1 atom stereocenters. The fraction of sp³-hybridized carbons (Fsp3) is 0.368. The number of benzene rings is 2. The van der Waals surface area contributed by atoms with Crippen molar-refractivity contribution in [1.29, 1.82) is 0 Å². The van der Waals surface area contributed by atoms with E-state index in [4.69, 9.17) is 0 Å². The Bertz CT molecular complexity index is 801. The van der Waals surface area contributed by atoms with Crippen molar-refractivity contribution in [1.82, 2.24) is 0 Å². The summed E-state index contributed by atoms with van der Waals surface area (Å²) in [6.07, 6.45) is -0.772. The highest BCUT2D eigenvalue weighted by atomic mass is 32.2. The number of aliphatic hydroxyl groups excluding tert-OH is 1. The van der Waals surface area contributed by atoms with Crippen molar-refractivity contribution < 1.29 is 13.5 Å². The van der Waals surface area contributed by atoms with Gasteiger partial charge in [0.05, 0.1) is 23.2 Å². The summed E-state index contributed by atoms with van der Waals surface area (Å²) in [6, 6.07) is 10.9. The molecule has 0 aliphatic heterocycles. The van der Waals surface area contributed by atoms with Crippen molar-refractivity contribution in [3.8, 4) is 0 Å². The second kappa shape index (κ2) is 6.95. The van der Waals surface area contributed by atoms with E-state index in [1.54, 1.807) is 31.2 Å². The van der Waals surface area contributed by atoms with Crippen molar-refractivity contribution in [3.63, 3.8) is 0 Å². The number of sulfonamides is 1. The second-order valence-corrected chi connectivity index (χ2v) is 8.11. The molecule has 130 valence electrons. The summed E-state index contributed by atoms with van der Waals surface area (Å²) >= 11 is 0. The van der Waals surface area contributed by atoms with Crippen LogP contribution in [0.15, 0.2) is 41.3 Å². The maximum Gasteiger partial charge on any atom is 0.264 e. The third-order valence-corrected chi connectivity index (χ3v) is 6.39. The van der Waals surface area contributed by atoms with Gasteiger partial charge in [-0.2, -0.15) is 0 Å². The molecule has 0 fully saturated rings. The maximum atomic E-state index is 13.4. The van der Waals surface area contributed by atoms with Gasteiger partial charge in [-0.1, -0.05) is 24.3 Å². The Balaban J connectivity index is 2.70. The van der Waals surface area contributed by atoms with E-state index in [9.17, 15) is 13.5 Å². The van der Waals surface area contributed by atoms with Gasteiger partial charge in [0.2, 0.25) is 0 Å². The van der Waals surface area contributed by atoms with Crippen LogP contribution in [0.3, 0.4) is 0 Å². The Hall–Kier alpha value is -1.85. The van der Waals surface area contributed by atoms with Crippen LogP contribution in [-0.4, -0.2) is 26.2 Å². The molecule has 1 N–H and O–H groups in total. The third-order valence-electron chi connectivity index (χ3n) is 4.32. The van der Waals surface area contributed by atoms with Crippen molar-refractivity contribution in [2.45, 2.75) is 45.6 Å². The number of hydrogen-bond acceptors (Lipinski definition) is 3. The van der Waals surface area contributed by atoms with Crippen LogP contribution >= 0.6 is 0 Å². The fourth-order valence-corrected chi connectivity index (χ4v) is 4.98. The van der Waals surface area contributed by atoms with E-state index in [2.05, 4.69) is 0 Å². The second-order valence-electron chi connectivity index (χ2n) is 6.31. The first-order valence-electron chi connectivity index (χ1n) is 7.99. The number of anilines is 1. The molecule has 2 aromatic rings. The SMILES string of the molecule is Cc1cc(C)c(C)c(S(=O)(=O)N(CC(C)O)c2ccccc2)c1C. The first-order valence-corrected chi connectivity index (χ1v) is 9.43. The Morgan fingerprint density at radius 2 is 1.50 bits per heavy atom. The summed E-state index contributed by atoms with van der Waals surface area (Å²) in [5.41, 5.74) is 3.95. The molecule has 4 nitrogen and oxygen atoms in total. The topological polar surface area (TPSA) is 57.6 Å². The van der Waals surface area contributed by atoms with Crippen LogP contribution in [0, 0.1) is 27.7 Å². The first kappa shape index (κ1) is 18.5. The molecule has 1 unspecified atom stereocenters. The Morgan fingerprint density at radius 1 is 1.00 bits per heavy atom. The lowest BCUT2D eigenvalue weighted by molar-refractivity contribution is 0.204. The zero-order chi connectivity index (χ0) is 18.1. The molecule has 0 radical (unpaired) electrons. The van der Waals surface area contributed by atoms with Crippen molar-refractivity contribution in [2.24, 2.45) is 0 Å². The smallest absolute Gasteiger partial charge is 0.264 e. The van der Waals surface area contributed by atoms with Crippen molar-refractivity contribution >= 4 is 15.7 Å². The van der Waals surface area contributed by atoms with Crippen LogP contribution in [-0.2, 0) is 10.0 Å². The number of aryl methyl sites for hydroxylation is 2. The lowest BCUT2D eigenvalue weighted by atomic mass is 10.0. The van der Waals surface area contributed by atoms with Crippen LogP contribution in [0.5, 0.6) is 0 Å². The quantitative estimate of drug-likeness (QED) is 0.901. The number of hydrogen-bond donors (Lipinski definition) is 1. The standard InChI is InChI=1S/C19H25NO3S/c1-13-11-14(2)17(5)19(16(13)4)24(22,23)20(12-15(3)21)18-9-7-6-8-10-18/h6-11,15,21H,12H2,1-5H3. The monoisotopic (exact) mass is 347 g/mol. The molecular weight excluding hydrogens is 322 g/mol. The average Bonchev–Trinajstić information content (AvgIpc) is 2.51. The van der Waals surface area contributed by atoms with Crippen LogP contribution < -0.4 is 4.31 Å². The molecule has 2 aromatic carbocycles. The number of aliphatic hydroxyl groups is 1. The molecule has 0 saturated carbocycles. The normalized spacial score (nSPS) is 12.9. The number of para-hydroxylation sites is 1. The summed E-state index contributed by atoms with van der Waals surface area (Å²) in [5, 5.41) is 9.84. The van der Waals surface area contributed by atoms with Gasteiger partial charge in [-0.3, -0.25) is 4.31 Å². The van der Waals surface area contributed by atoms with E-state index in [1.807, 2.05) is 39.8 Å². The average molecular weight is 347 g/mol. The predicted molar refractivity (Wildman–Crippen MR) is 98.0 cm³/mol. The van der Waals surface area contributed by atoms with Gasteiger partial charge in [-0.15, -0.1) is 0 Å². The molecule has 24 heavy (non-hydrogen) atoms. The van der Waals surface area contributed by atoms with E-state index in [0.29, 0.717) is 10.6 Å². The largest absolute Gasteiger partial charge is 0.392 e. The Labute approximate surface area is 144 Å². The summed E-state index contributed by atoms with van der Waals surface area (Å²) < 4.78 is 28.2. The molecular formula is C19H25NO3S. The van der Waals surface area contributed by atoms with Crippen LogP contribution in [0.1, 0.15) is 29.2 Å². The van der Waals surface area contributed by atoms with Crippen LogP contribution in [0.4, 0.5) is 5.69 Å². The van der Waals surface area contributed by atoms with Gasteiger partial charge in [0.15, 0.2) is 0 Å². The minimum atomic E-state index is -3.78.